The van der Waals surface area contributed by atoms with Crippen LogP contribution in [0.25, 0.3) is 6.08 Å². The molecule has 0 aliphatic carbocycles. The third-order valence-corrected chi connectivity index (χ3v) is 4.11. The molecule has 0 radical (unpaired) electrons. The molecule has 1 aliphatic rings. The molecule has 0 bridgehead atoms. The second kappa shape index (κ2) is 2.89. The number of fused-ring (bicyclic) bond motifs is 1. The van der Waals surface area contributed by atoms with E-state index in [1.165, 1.54) is 11.1 Å². The lowest BCUT2D eigenvalue weighted by Gasteiger charge is -2.04. The smallest absolute Gasteiger partial charge is 0.0150 e. The zero-order valence-electron chi connectivity index (χ0n) is 6.34. The minimum atomic E-state index is 0.170. The SMILES string of the molecule is Cc1ccc2c(c1)C=CC=I2. The van der Waals surface area contributed by atoms with Gasteiger partial charge in [-0.25, -0.2) is 0 Å². The largest absolute Gasteiger partial charge is 0.0850 e. The Morgan fingerprint density at radius 3 is 3.09 bits per heavy atom. The van der Waals surface area contributed by atoms with Crippen molar-refractivity contribution in [2.45, 2.75) is 6.92 Å². The summed E-state index contributed by atoms with van der Waals surface area (Å²) in [4.78, 5) is 0. The van der Waals surface area contributed by atoms with Crippen LogP contribution in [0.15, 0.2) is 24.3 Å². The Balaban J connectivity index is 2.63. The van der Waals surface area contributed by atoms with Gasteiger partial charge in [-0.2, -0.15) is 0 Å². The number of allylic oxidation sites excluding steroid dienone is 1. The van der Waals surface area contributed by atoms with Crippen molar-refractivity contribution in [1.82, 2.24) is 0 Å². The third-order valence-electron chi connectivity index (χ3n) is 1.68. The molecule has 0 amide bonds. The number of benzene rings is 1. The standard InChI is InChI=1S/C10H9I/c1-8-4-5-10-9(7-8)3-2-6-11-10/h2-7H,1H3. The Morgan fingerprint density at radius 1 is 1.27 bits per heavy atom. The summed E-state index contributed by atoms with van der Waals surface area (Å²) in [6.45, 7) is 2.14. The van der Waals surface area contributed by atoms with E-state index in [9.17, 15) is 0 Å². The first-order chi connectivity index (χ1) is 5.36. The maximum absolute atomic E-state index is 2.30. The van der Waals surface area contributed by atoms with E-state index in [-0.39, 0.29) is 20.7 Å². The van der Waals surface area contributed by atoms with Crippen molar-refractivity contribution < 1.29 is 0 Å². The van der Waals surface area contributed by atoms with Gasteiger partial charge in [-0.3, -0.25) is 0 Å². The molecule has 0 saturated carbocycles. The van der Waals surface area contributed by atoms with Crippen molar-refractivity contribution in [2.24, 2.45) is 0 Å². The van der Waals surface area contributed by atoms with Crippen molar-refractivity contribution in [3.05, 3.63) is 39.0 Å². The lowest BCUT2D eigenvalue weighted by atomic mass is 10.1. The molecule has 1 aromatic rings. The van der Waals surface area contributed by atoms with Gasteiger partial charge in [0.25, 0.3) is 0 Å². The maximum Gasteiger partial charge on any atom is 0.0150 e. The lowest BCUT2D eigenvalue weighted by molar-refractivity contribution is 1.44. The van der Waals surface area contributed by atoms with Crippen LogP contribution in [-0.4, -0.2) is 4.01 Å². The van der Waals surface area contributed by atoms with E-state index in [0.29, 0.717) is 0 Å². The molecule has 0 nitrogen and oxygen atoms in total. The van der Waals surface area contributed by atoms with Crippen LogP contribution in [0, 0.1) is 10.5 Å². The predicted octanol–water partition coefficient (Wildman–Crippen LogP) is 2.96. The van der Waals surface area contributed by atoms with E-state index < -0.39 is 0 Å². The fourth-order valence-corrected chi connectivity index (χ4v) is 3.02. The molecule has 0 saturated heterocycles. The molecular formula is C10H9I. The second-order valence-electron chi connectivity index (χ2n) is 2.62. The van der Waals surface area contributed by atoms with Crippen molar-refractivity contribution in [2.75, 3.05) is 0 Å². The van der Waals surface area contributed by atoms with E-state index in [1.54, 1.807) is 3.57 Å². The van der Waals surface area contributed by atoms with Crippen molar-refractivity contribution >= 4 is 30.8 Å². The predicted molar refractivity (Wildman–Crippen MR) is 59.0 cm³/mol. The van der Waals surface area contributed by atoms with Crippen molar-refractivity contribution in [3.63, 3.8) is 0 Å². The first kappa shape index (κ1) is 7.22. The van der Waals surface area contributed by atoms with Crippen LogP contribution >= 0.6 is 20.7 Å². The van der Waals surface area contributed by atoms with Gasteiger partial charge in [0.15, 0.2) is 0 Å². The summed E-state index contributed by atoms with van der Waals surface area (Å²) in [6, 6.07) is 6.72. The third kappa shape index (κ3) is 1.43. The monoisotopic (exact) mass is 256 g/mol. The normalized spacial score (nSPS) is 13.9. The maximum atomic E-state index is 2.30. The highest BCUT2D eigenvalue weighted by molar-refractivity contribution is 14.2. The van der Waals surface area contributed by atoms with Gasteiger partial charge in [-0.15, -0.1) is 0 Å². The Bertz CT molecular complexity index is 335. The van der Waals surface area contributed by atoms with E-state index in [4.69, 9.17) is 0 Å². The second-order valence-corrected chi connectivity index (χ2v) is 5.12. The van der Waals surface area contributed by atoms with Crippen LogP contribution in [0.1, 0.15) is 11.1 Å². The van der Waals surface area contributed by atoms with Gasteiger partial charge >= 0.3 is 0 Å². The summed E-state index contributed by atoms with van der Waals surface area (Å²) < 4.78 is 3.85. The molecular weight excluding hydrogens is 247 g/mol. The van der Waals surface area contributed by atoms with Gasteiger partial charge in [0.1, 0.15) is 0 Å². The zero-order valence-corrected chi connectivity index (χ0v) is 8.50. The highest BCUT2D eigenvalue weighted by Crippen LogP contribution is 2.22. The van der Waals surface area contributed by atoms with Crippen LogP contribution < -0.4 is 0 Å². The molecule has 1 heteroatoms. The summed E-state index contributed by atoms with van der Waals surface area (Å²) in [5.41, 5.74) is 2.79. The molecule has 0 aromatic heterocycles. The van der Waals surface area contributed by atoms with Crippen LogP contribution in [-0.2, 0) is 0 Å². The highest BCUT2D eigenvalue weighted by atomic mass is 127. The molecule has 1 aromatic carbocycles. The van der Waals surface area contributed by atoms with E-state index in [0.717, 1.165) is 0 Å². The molecule has 0 atom stereocenters. The van der Waals surface area contributed by atoms with Crippen LogP contribution in [0.2, 0.25) is 0 Å². The molecule has 1 aliphatic heterocycles. The van der Waals surface area contributed by atoms with Crippen LogP contribution in [0.4, 0.5) is 0 Å². The Morgan fingerprint density at radius 2 is 2.18 bits per heavy atom. The van der Waals surface area contributed by atoms with Gasteiger partial charge in [0, 0.05) is 3.57 Å². The number of aryl methyl sites for hydroxylation is 1. The van der Waals surface area contributed by atoms with Gasteiger partial charge in [-0.05, 0) is 22.6 Å². The lowest BCUT2D eigenvalue weighted by Crippen LogP contribution is -1.85. The molecule has 11 heavy (non-hydrogen) atoms. The summed E-state index contributed by atoms with van der Waals surface area (Å²) >= 11 is 0.170. The minimum Gasteiger partial charge on any atom is -0.0850 e. The van der Waals surface area contributed by atoms with Gasteiger partial charge in [-0.1, -0.05) is 50.6 Å². The quantitative estimate of drug-likeness (QED) is 0.626. The van der Waals surface area contributed by atoms with Crippen molar-refractivity contribution in [3.8, 4) is 0 Å². The van der Waals surface area contributed by atoms with Gasteiger partial charge in [0.05, 0.1) is 0 Å². The summed E-state index contributed by atoms with van der Waals surface area (Å²) in [7, 11) is 0. The zero-order chi connectivity index (χ0) is 7.68. The highest BCUT2D eigenvalue weighted by Gasteiger charge is 1.98. The van der Waals surface area contributed by atoms with Crippen molar-refractivity contribution in [1.29, 1.82) is 0 Å². The Kier molecular flexibility index (Phi) is 1.90. The number of hydrogen-bond donors (Lipinski definition) is 0. The molecule has 0 N–H and O–H groups in total. The molecule has 2 rings (SSSR count). The van der Waals surface area contributed by atoms with E-state index in [1.807, 2.05) is 0 Å². The average molecular weight is 256 g/mol. The van der Waals surface area contributed by atoms with Gasteiger partial charge < -0.3 is 0 Å². The van der Waals surface area contributed by atoms with Crippen LogP contribution in [0.3, 0.4) is 0 Å². The Labute approximate surface area is 76.7 Å². The molecule has 0 spiro atoms. The first-order valence-electron chi connectivity index (χ1n) is 3.60. The topological polar surface area (TPSA) is 0 Å². The van der Waals surface area contributed by atoms with Gasteiger partial charge in [0.2, 0.25) is 0 Å². The average Bonchev–Trinajstić information content (AvgIpc) is 2.04. The fraction of sp³-hybridized carbons (Fsp3) is 0.100. The first-order valence-corrected chi connectivity index (χ1v) is 5.92. The number of halogens is 1. The summed E-state index contributed by atoms with van der Waals surface area (Å²) in [5.74, 6) is 0. The molecule has 1 heterocycles. The molecule has 0 fully saturated rings. The minimum absolute atomic E-state index is 0.170. The molecule has 0 unspecified atom stereocenters. The summed E-state index contributed by atoms with van der Waals surface area (Å²) in [5, 5.41) is 0. The summed E-state index contributed by atoms with van der Waals surface area (Å²) in [6.07, 6.45) is 4.38. The number of rotatable bonds is 0. The van der Waals surface area contributed by atoms with Crippen LogP contribution in [0.5, 0.6) is 0 Å². The number of hydrogen-bond acceptors (Lipinski definition) is 0. The Hall–Kier alpha value is -0.440. The van der Waals surface area contributed by atoms with E-state index >= 15 is 0 Å². The fourth-order valence-electron chi connectivity index (χ4n) is 1.13. The molecule has 56 valence electrons. The van der Waals surface area contributed by atoms with E-state index in [2.05, 4.69) is 41.3 Å².